The van der Waals surface area contributed by atoms with Gasteiger partial charge in [-0.05, 0) is 49.8 Å². The van der Waals surface area contributed by atoms with Gasteiger partial charge in [-0.2, -0.15) is 0 Å². The molecule has 0 spiro atoms. The van der Waals surface area contributed by atoms with E-state index in [1.54, 1.807) is 7.11 Å². The summed E-state index contributed by atoms with van der Waals surface area (Å²) in [5, 5.41) is 3.68. The van der Waals surface area contributed by atoms with Crippen molar-refractivity contribution in [3.05, 3.63) is 23.8 Å². The van der Waals surface area contributed by atoms with Crippen molar-refractivity contribution < 1.29 is 4.74 Å². The molecule has 2 fully saturated rings. The highest BCUT2D eigenvalue weighted by atomic mass is 16.5. The number of methoxy groups -OCH3 is 1. The summed E-state index contributed by atoms with van der Waals surface area (Å²) in [6.45, 7) is 3.29. The first kappa shape index (κ1) is 14.7. The molecule has 0 unspecified atom stereocenters. The van der Waals surface area contributed by atoms with Crippen LogP contribution in [0.25, 0.3) is 0 Å². The van der Waals surface area contributed by atoms with Gasteiger partial charge >= 0.3 is 0 Å². The van der Waals surface area contributed by atoms with E-state index in [9.17, 15) is 0 Å². The standard InChI is InChI=1S/C18H28N2O/c1-21-18-13-15(14-19-16-7-3-4-8-16)9-10-17(18)20-11-5-2-6-12-20/h9-10,13,16,19H,2-8,11-12,14H2,1H3. The molecule has 0 amide bonds. The third kappa shape index (κ3) is 3.70. The number of benzene rings is 1. The average Bonchev–Trinajstić information content (AvgIpc) is 3.07. The van der Waals surface area contributed by atoms with Crippen molar-refractivity contribution in [3.8, 4) is 5.75 Å². The Kier molecular flexibility index (Phi) is 5.02. The number of hydrogen-bond donors (Lipinski definition) is 1. The van der Waals surface area contributed by atoms with Gasteiger partial charge < -0.3 is 15.0 Å². The van der Waals surface area contributed by atoms with Crippen LogP contribution in [0.5, 0.6) is 5.75 Å². The highest BCUT2D eigenvalue weighted by molar-refractivity contribution is 5.60. The maximum Gasteiger partial charge on any atom is 0.142 e. The zero-order valence-electron chi connectivity index (χ0n) is 13.2. The van der Waals surface area contributed by atoms with E-state index in [0.29, 0.717) is 0 Å². The summed E-state index contributed by atoms with van der Waals surface area (Å²) in [5.41, 5.74) is 2.60. The van der Waals surface area contributed by atoms with E-state index in [1.807, 2.05) is 0 Å². The number of anilines is 1. The van der Waals surface area contributed by atoms with Crippen LogP contribution in [-0.2, 0) is 6.54 Å². The quantitative estimate of drug-likeness (QED) is 0.893. The van der Waals surface area contributed by atoms with Crippen LogP contribution in [0.3, 0.4) is 0 Å². The lowest BCUT2D eigenvalue weighted by Crippen LogP contribution is -2.30. The van der Waals surface area contributed by atoms with Crippen molar-refractivity contribution in [1.29, 1.82) is 0 Å². The molecular weight excluding hydrogens is 260 g/mol. The van der Waals surface area contributed by atoms with Gasteiger partial charge in [-0.1, -0.05) is 18.9 Å². The minimum Gasteiger partial charge on any atom is -0.495 e. The van der Waals surface area contributed by atoms with Crippen LogP contribution >= 0.6 is 0 Å². The molecule has 0 radical (unpaired) electrons. The molecule has 1 aromatic carbocycles. The van der Waals surface area contributed by atoms with Gasteiger partial charge in [-0.3, -0.25) is 0 Å². The fourth-order valence-corrected chi connectivity index (χ4v) is 3.62. The summed E-state index contributed by atoms with van der Waals surface area (Å²) in [5.74, 6) is 1.03. The Morgan fingerprint density at radius 1 is 1.10 bits per heavy atom. The normalized spacial score (nSPS) is 20.0. The molecule has 0 aromatic heterocycles. The first-order valence-electron chi connectivity index (χ1n) is 8.52. The van der Waals surface area contributed by atoms with Crippen molar-refractivity contribution in [1.82, 2.24) is 5.32 Å². The summed E-state index contributed by atoms with van der Waals surface area (Å²) < 4.78 is 5.64. The summed E-state index contributed by atoms with van der Waals surface area (Å²) in [6.07, 6.45) is 9.40. The number of nitrogens with zero attached hydrogens (tertiary/aromatic N) is 1. The molecular formula is C18H28N2O. The second kappa shape index (κ2) is 7.17. The van der Waals surface area contributed by atoms with E-state index in [-0.39, 0.29) is 0 Å². The zero-order valence-corrected chi connectivity index (χ0v) is 13.2. The minimum atomic E-state index is 0.720. The number of ether oxygens (including phenoxy) is 1. The Balaban J connectivity index is 1.65. The molecule has 1 saturated carbocycles. The molecule has 3 rings (SSSR count). The van der Waals surface area contributed by atoms with E-state index in [1.165, 1.54) is 56.2 Å². The Morgan fingerprint density at radius 2 is 1.86 bits per heavy atom. The third-order valence-corrected chi connectivity index (χ3v) is 4.89. The Morgan fingerprint density at radius 3 is 2.57 bits per heavy atom. The van der Waals surface area contributed by atoms with Crippen LogP contribution in [0.15, 0.2) is 18.2 Å². The molecule has 0 bridgehead atoms. The van der Waals surface area contributed by atoms with Crippen LogP contribution in [0.2, 0.25) is 0 Å². The molecule has 3 heteroatoms. The maximum atomic E-state index is 5.64. The molecule has 21 heavy (non-hydrogen) atoms. The van der Waals surface area contributed by atoms with Gasteiger partial charge in [-0.15, -0.1) is 0 Å². The topological polar surface area (TPSA) is 24.5 Å². The van der Waals surface area contributed by atoms with Crippen molar-refractivity contribution in [2.75, 3.05) is 25.1 Å². The predicted octanol–water partition coefficient (Wildman–Crippen LogP) is 3.72. The van der Waals surface area contributed by atoms with Crippen LogP contribution in [0.4, 0.5) is 5.69 Å². The van der Waals surface area contributed by atoms with Gasteiger partial charge in [0.2, 0.25) is 0 Å². The molecule has 3 nitrogen and oxygen atoms in total. The summed E-state index contributed by atoms with van der Waals surface area (Å²) in [7, 11) is 1.79. The Hall–Kier alpha value is -1.22. The molecule has 1 saturated heterocycles. The highest BCUT2D eigenvalue weighted by Crippen LogP contribution is 2.31. The molecule has 1 heterocycles. The molecule has 1 aromatic rings. The lowest BCUT2D eigenvalue weighted by molar-refractivity contribution is 0.411. The van der Waals surface area contributed by atoms with Gasteiger partial charge in [-0.25, -0.2) is 0 Å². The summed E-state index contributed by atoms with van der Waals surface area (Å²) in [4.78, 5) is 2.47. The summed E-state index contributed by atoms with van der Waals surface area (Å²) >= 11 is 0. The van der Waals surface area contributed by atoms with Gasteiger partial charge in [0, 0.05) is 25.7 Å². The lowest BCUT2D eigenvalue weighted by atomic mass is 10.1. The van der Waals surface area contributed by atoms with Crippen molar-refractivity contribution in [2.45, 2.75) is 57.5 Å². The van der Waals surface area contributed by atoms with Gasteiger partial charge in [0.25, 0.3) is 0 Å². The number of nitrogens with one attached hydrogen (secondary N) is 1. The number of piperidine rings is 1. The smallest absolute Gasteiger partial charge is 0.142 e. The van der Waals surface area contributed by atoms with Crippen molar-refractivity contribution >= 4 is 5.69 Å². The fourth-order valence-electron chi connectivity index (χ4n) is 3.62. The highest BCUT2D eigenvalue weighted by Gasteiger charge is 2.17. The first-order chi connectivity index (χ1) is 10.4. The van der Waals surface area contributed by atoms with Gasteiger partial charge in [0.1, 0.15) is 5.75 Å². The second-order valence-corrected chi connectivity index (χ2v) is 6.42. The molecule has 1 N–H and O–H groups in total. The fraction of sp³-hybridized carbons (Fsp3) is 0.667. The zero-order chi connectivity index (χ0) is 14.5. The Bertz CT molecular complexity index is 449. The molecule has 0 atom stereocenters. The van der Waals surface area contributed by atoms with Crippen molar-refractivity contribution in [3.63, 3.8) is 0 Å². The number of hydrogen-bond acceptors (Lipinski definition) is 3. The van der Waals surface area contributed by atoms with Crippen LogP contribution in [-0.4, -0.2) is 26.2 Å². The minimum absolute atomic E-state index is 0.720. The van der Waals surface area contributed by atoms with E-state index in [4.69, 9.17) is 4.74 Å². The van der Waals surface area contributed by atoms with Crippen molar-refractivity contribution in [2.24, 2.45) is 0 Å². The average molecular weight is 288 g/mol. The van der Waals surface area contributed by atoms with Crippen LogP contribution in [0.1, 0.15) is 50.5 Å². The first-order valence-corrected chi connectivity index (χ1v) is 8.52. The monoisotopic (exact) mass is 288 g/mol. The molecule has 116 valence electrons. The Labute approximate surface area is 128 Å². The molecule has 1 aliphatic heterocycles. The molecule has 2 aliphatic rings. The largest absolute Gasteiger partial charge is 0.495 e. The van der Waals surface area contributed by atoms with Gasteiger partial charge in [0.05, 0.1) is 12.8 Å². The van der Waals surface area contributed by atoms with E-state index < -0.39 is 0 Å². The third-order valence-electron chi connectivity index (χ3n) is 4.89. The second-order valence-electron chi connectivity index (χ2n) is 6.42. The van der Waals surface area contributed by atoms with E-state index >= 15 is 0 Å². The SMILES string of the molecule is COc1cc(CNC2CCCC2)ccc1N1CCCCC1. The summed E-state index contributed by atoms with van der Waals surface area (Å²) in [6, 6.07) is 7.44. The van der Waals surface area contributed by atoms with Crippen LogP contribution < -0.4 is 15.0 Å². The van der Waals surface area contributed by atoms with E-state index in [0.717, 1.165) is 31.4 Å². The predicted molar refractivity (Wildman–Crippen MR) is 88.2 cm³/mol. The van der Waals surface area contributed by atoms with Crippen LogP contribution in [0, 0.1) is 0 Å². The maximum absolute atomic E-state index is 5.64. The van der Waals surface area contributed by atoms with Gasteiger partial charge in [0.15, 0.2) is 0 Å². The number of rotatable bonds is 5. The van der Waals surface area contributed by atoms with E-state index in [2.05, 4.69) is 28.4 Å². The molecule has 1 aliphatic carbocycles. The lowest BCUT2D eigenvalue weighted by Gasteiger charge is -2.30.